The Morgan fingerprint density at radius 2 is 0.897 bits per heavy atom. The van der Waals surface area contributed by atoms with Crippen molar-refractivity contribution in [3.63, 3.8) is 0 Å². The molecule has 392 valence electrons. The second-order valence-corrected chi connectivity index (χ2v) is 21.0. The first-order chi connectivity index (χ1) is 33.0. The van der Waals surface area contributed by atoms with E-state index in [1.165, 1.54) is 128 Å². The van der Waals surface area contributed by atoms with Crippen LogP contribution in [0.3, 0.4) is 0 Å². The number of nitrogens with one attached hydrogen (secondary N) is 1. The molecule has 3 N–H and O–H groups in total. The van der Waals surface area contributed by atoms with E-state index >= 15 is 0 Å². The molecule has 8 nitrogen and oxygen atoms in total. The summed E-state index contributed by atoms with van der Waals surface area (Å²) in [6.45, 7) is 4.62. The molecular formula is C59H106N2O6P+. The van der Waals surface area contributed by atoms with Crippen molar-refractivity contribution in [1.82, 2.24) is 5.32 Å². The minimum atomic E-state index is -4.38. The summed E-state index contributed by atoms with van der Waals surface area (Å²) in [7, 11) is 1.50. The highest BCUT2D eigenvalue weighted by Crippen LogP contribution is 2.43. The van der Waals surface area contributed by atoms with Gasteiger partial charge in [-0.05, 0) is 83.5 Å². The Balaban J connectivity index is 4.35. The molecule has 0 saturated carbocycles. The fourth-order valence-electron chi connectivity index (χ4n) is 7.46. The zero-order valence-electron chi connectivity index (χ0n) is 44.6. The molecule has 9 heteroatoms. The fraction of sp³-hybridized carbons (Fsp3) is 0.712. The van der Waals surface area contributed by atoms with Gasteiger partial charge in [0.2, 0.25) is 5.91 Å². The van der Waals surface area contributed by atoms with Gasteiger partial charge in [0.1, 0.15) is 13.2 Å². The maximum atomic E-state index is 12.9. The Labute approximate surface area is 419 Å². The molecular weight excluding hydrogens is 864 g/mol. The highest BCUT2D eigenvalue weighted by atomic mass is 31.2. The third-order valence-electron chi connectivity index (χ3n) is 11.8. The van der Waals surface area contributed by atoms with Crippen LogP contribution in [0.1, 0.15) is 219 Å². The van der Waals surface area contributed by atoms with Crippen molar-refractivity contribution in [3.8, 4) is 0 Å². The summed E-state index contributed by atoms with van der Waals surface area (Å²) < 4.78 is 23.6. The Morgan fingerprint density at radius 3 is 1.35 bits per heavy atom. The van der Waals surface area contributed by atoms with Crippen molar-refractivity contribution in [2.75, 3.05) is 40.9 Å². The van der Waals surface area contributed by atoms with Gasteiger partial charge >= 0.3 is 7.82 Å². The van der Waals surface area contributed by atoms with Gasteiger partial charge in [0.15, 0.2) is 0 Å². The van der Waals surface area contributed by atoms with E-state index in [0.717, 1.165) is 64.2 Å². The van der Waals surface area contributed by atoms with E-state index in [0.29, 0.717) is 17.4 Å². The van der Waals surface area contributed by atoms with Crippen molar-refractivity contribution in [2.45, 2.75) is 231 Å². The fourth-order valence-corrected chi connectivity index (χ4v) is 8.20. The number of hydrogen-bond acceptors (Lipinski definition) is 5. The molecule has 0 rings (SSSR count). The van der Waals surface area contributed by atoms with Crippen molar-refractivity contribution in [2.24, 2.45) is 0 Å². The van der Waals surface area contributed by atoms with Crippen LogP contribution in [0.2, 0.25) is 0 Å². The lowest BCUT2D eigenvalue weighted by molar-refractivity contribution is -0.870. The van der Waals surface area contributed by atoms with Gasteiger partial charge in [-0.15, -0.1) is 0 Å². The third kappa shape index (κ3) is 51.3. The number of phosphoric acid groups is 1. The third-order valence-corrected chi connectivity index (χ3v) is 12.7. The summed E-state index contributed by atoms with van der Waals surface area (Å²) in [5, 5.41) is 13.8. The van der Waals surface area contributed by atoms with Crippen molar-refractivity contribution < 1.29 is 32.9 Å². The molecule has 3 unspecified atom stereocenters. The van der Waals surface area contributed by atoms with Gasteiger partial charge in [-0.2, -0.15) is 0 Å². The van der Waals surface area contributed by atoms with Gasteiger partial charge < -0.3 is 19.8 Å². The second-order valence-electron chi connectivity index (χ2n) is 19.6. The number of aliphatic hydroxyl groups is 1. The summed E-state index contributed by atoms with van der Waals surface area (Å²) >= 11 is 0. The first kappa shape index (κ1) is 65.4. The Hall–Kier alpha value is -2.58. The average Bonchev–Trinajstić information content (AvgIpc) is 3.30. The predicted molar refractivity (Wildman–Crippen MR) is 295 cm³/mol. The average molecular weight is 970 g/mol. The number of aliphatic hydroxyl groups excluding tert-OH is 1. The van der Waals surface area contributed by atoms with Crippen LogP contribution in [-0.4, -0.2) is 73.4 Å². The molecule has 0 fully saturated rings. The van der Waals surface area contributed by atoms with E-state index in [4.69, 9.17) is 9.05 Å². The molecule has 0 aliphatic rings. The second kappa shape index (κ2) is 49.4. The summed E-state index contributed by atoms with van der Waals surface area (Å²) in [5.74, 6) is -0.250. The molecule has 0 aromatic rings. The number of carbonyl (C=O) groups is 1. The molecule has 0 radical (unpaired) electrons. The summed E-state index contributed by atoms with van der Waals surface area (Å²) in [6.07, 6.45) is 71.0. The van der Waals surface area contributed by atoms with E-state index in [1.54, 1.807) is 6.08 Å². The lowest BCUT2D eigenvalue weighted by Crippen LogP contribution is -2.45. The quantitative estimate of drug-likeness (QED) is 0.0243. The minimum Gasteiger partial charge on any atom is -0.387 e. The van der Waals surface area contributed by atoms with Crippen molar-refractivity contribution in [1.29, 1.82) is 0 Å². The zero-order valence-corrected chi connectivity index (χ0v) is 45.5. The summed E-state index contributed by atoms with van der Waals surface area (Å²) in [4.78, 5) is 23.2. The summed E-state index contributed by atoms with van der Waals surface area (Å²) in [5.41, 5.74) is 0. The maximum Gasteiger partial charge on any atom is 0.472 e. The molecule has 0 aromatic heterocycles. The lowest BCUT2D eigenvalue weighted by Gasteiger charge is -2.25. The van der Waals surface area contributed by atoms with E-state index in [-0.39, 0.29) is 25.5 Å². The lowest BCUT2D eigenvalue weighted by atomic mass is 10.0. The first-order valence-corrected chi connectivity index (χ1v) is 29.1. The predicted octanol–water partition coefficient (Wildman–Crippen LogP) is 16.6. The molecule has 0 aliphatic carbocycles. The van der Waals surface area contributed by atoms with Crippen LogP contribution in [0.4, 0.5) is 0 Å². The van der Waals surface area contributed by atoms with Crippen LogP contribution in [0.5, 0.6) is 0 Å². The van der Waals surface area contributed by atoms with Crippen LogP contribution < -0.4 is 5.32 Å². The molecule has 0 aromatic carbocycles. The van der Waals surface area contributed by atoms with Gasteiger partial charge in [-0.1, -0.05) is 227 Å². The Kier molecular flexibility index (Phi) is 47.5. The molecule has 0 bridgehead atoms. The van der Waals surface area contributed by atoms with Gasteiger partial charge in [-0.3, -0.25) is 13.8 Å². The van der Waals surface area contributed by atoms with E-state index < -0.39 is 20.0 Å². The number of carbonyl (C=O) groups excluding carboxylic acids is 1. The first-order valence-electron chi connectivity index (χ1n) is 27.6. The molecule has 0 spiro atoms. The molecule has 0 aliphatic heterocycles. The van der Waals surface area contributed by atoms with Gasteiger partial charge in [0, 0.05) is 6.42 Å². The van der Waals surface area contributed by atoms with Gasteiger partial charge in [-0.25, -0.2) is 4.57 Å². The largest absolute Gasteiger partial charge is 0.472 e. The molecule has 3 atom stereocenters. The summed E-state index contributed by atoms with van der Waals surface area (Å²) in [6, 6.07) is -0.906. The number of hydrogen-bond donors (Lipinski definition) is 3. The zero-order chi connectivity index (χ0) is 49.9. The standard InChI is InChI=1S/C59H105N2O6P/c1-6-8-10-12-14-16-18-20-22-24-25-26-27-28-29-30-31-32-33-34-35-37-38-40-42-44-46-48-50-52-58(62)57(56-67-68(64,65)66-55-54-61(3,4)5)60-59(63)53-51-49-47-45-43-41-39-36-23-21-19-17-15-13-11-9-7-2/h9,11,15,17,21,23,35,37,39,41-42,44-45,47,50,52,57-58,62H,6-8,10,12-14,16,18-20,22,24-34,36,38,40,43,46,48-49,51,53-56H2,1-5H3,(H-,60,63,64,65)/p+1/b11-9-,17-15-,23-21-,37-35+,41-39-,44-42+,47-45-,52-50+. The maximum absolute atomic E-state index is 12.9. The molecule has 1 amide bonds. The van der Waals surface area contributed by atoms with E-state index in [2.05, 4.69) is 104 Å². The minimum absolute atomic E-state index is 0.0377. The Bertz CT molecular complexity index is 1420. The van der Waals surface area contributed by atoms with Gasteiger partial charge in [0.25, 0.3) is 0 Å². The van der Waals surface area contributed by atoms with Crippen LogP contribution in [-0.2, 0) is 18.4 Å². The van der Waals surface area contributed by atoms with Crippen LogP contribution in [0.15, 0.2) is 97.2 Å². The number of likely N-dealkylation sites (N-methyl/N-ethyl adjacent to an activating group) is 1. The van der Waals surface area contributed by atoms with E-state index in [9.17, 15) is 19.4 Å². The topological polar surface area (TPSA) is 105 Å². The monoisotopic (exact) mass is 970 g/mol. The van der Waals surface area contributed by atoms with Gasteiger partial charge in [0.05, 0.1) is 39.9 Å². The smallest absolute Gasteiger partial charge is 0.387 e. The normalized spacial score (nSPS) is 14.8. The number of quaternary nitrogens is 1. The number of amides is 1. The van der Waals surface area contributed by atoms with E-state index in [1.807, 2.05) is 27.2 Å². The highest BCUT2D eigenvalue weighted by molar-refractivity contribution is 7.47. The molecule has 0 heterocycles. The van der Waals surface area contributed by atoms with Crippen LogP contribution in [0, 0.1) is 0 Å². The number of nitrogens with zero attached hydrogens (tertiary/aromatic N) is 1. The highest BCUT2D eigenvalue weighted by Gasteiger charge is 2.27. The number of unbranched alkanes of at least 4 members (excludes halogenated alkanes) is 22. The molecule has 68 heavy (non-hydrogen) atoms. The number of rotatable bonds is 49. The SMILES string of the molecule is CC/C=C\C/C=C\C/C=C\C/C=C\C/C=C\CCCC(=O)NC(COP(=O)(O)OCC[N+](C)(C)C)C(O)/C=C/CC/C=C/CC/C=C/CCCCCCCCCCCCCCCCCCCCC. The van der Waals surface area contributed by atoms with Crippen LogP contribution in [0.25, 0.3) is 0 Å². The Morgan fingerprint density at radius 1 is 0.515 bits per heavy atom. The van der Waals surface area contributed by atoms with Crippen molar-refractivity contribution >= 4 is 13.7 Å². The molecule has 0 saturated heterocycles. The van der Waals surface area contributed by atoms with Crippen molar-refractivity contribution in [3.05, 3.63) is 97.2 Å². The number of allylic oxidation sites excluding steroid dienone is 15. The number of phosphoric ester groups is 1. The van der Waals surface area contributed by atoms with Crippen LogP contribution >= 0.6 is 7.82 Å².